The summed E-state index contributed by atoms with van der Waals surface area (Å²) in [6.07, 6.45) is 5.59. The largest absolute Gasteiger partial charge is 0.356 e. The molecule has 0 aliphatic carbocycles. The molecule has 0 radical (unpaired) electrons. The van der Waals surface area contributed by atoms with Crippen LogP contribution in [0.4, 0.5) is 11.5 Å². The molecule has 28 heavy (non-hydrogen) atoms. The van der Waals surface area contributed by atoms with Gasteiger partial charge in [-0.1, -0.05) is 23.4 Å². The molecule has 5 nitrogen and oxygen atoms in total. The number of thioether (sulfide) groups is 1. The predicted octanol–water partition coefficient (Wildman–Crippen LogP) is 5.62. The number of carbonyl (C=O) groups is 1. The molecule has 1 saturated heterocycles. The standard InChI is InChI=1S/C20H21ClN4OS2/c1-12-10-13(21)6-7-15(12)22-18(26)16-11-14-17(25-8-4-3-5-9-25)23-20(27-2)24-19(14)28-16/h6-7,10-11H,3-5,8-9H2,1-2H3,(H,22,26). The maximum Gasteiger partial charge on any atom is 0.265 e. The first-order valence-electron chi connectivity index (χ1n) is 9.23. The Morgan fingerprint density at radius 2 is 2.00 bits per heavy atom. The Labute approximate surface area is 177 Å². The number of amides is 1. The van der Waals surface area contributed by atoms with E-state index in [9.17, 15) is 4.79 Å². The number of fused-ring (bicyclic) bond motifs is 1. The van der Waals surface area contributed by atoms with Crippen LogP contribution < -0.4 is 10.2 Å². The van der Waals surface area contributed by atoms with Crippen LogP contribution in [0.25, 0.3) is 10.2 Å². The van der Waals surface area contributed by atoms with E-state index in [4.69, 9.17) is 16.6 Å². The molecular weight excluding hydrogens is 412 g/mol. The molecule has 3 heterocycles. The molecule has 146 valence electrons. The van der Waals surface area contributed by atoms with Gasteiger partial charge in [-0.2, -0.15) is 0 Å². The van der Waals surface area contributed by atoms with Crippen LogP contribution in [0.15, 0.2) is 29.4 Å². The van der Waals surface area contributed by atoms with Crippen molar-refractivity contribution in [1.29, 1.82) is 0 Å². The van der Waals surface area contributed by atoms with Crippen LogP contribution in [0.3, 0.4) is 0 Å². The van der Waals surface area contributed by atoms with Gasteiger partial charge in [0.05, 0.1) is 10.3 Å². The molecule has 4 rings (SSSR count). The van der Waals surface area contributed by atoms with Gasteiger partial charge in [-0.15, -0.1) is 11.3 Å². The number of hydrogen-bond donors (Lipinski definition) is 1. The van der Waals surface area contributed by atoms with Gasteiger partial charge in [0.25, 0.3) is 5.91 Å². The van der Waals surface area contributed by atoms with Crippen molar-refractivity contribution in [2.24, 2.45) is 0 Å². The summed E-state index contributed by atoms with van der Waals surface area (Å²) in [6, 6.07) is 7.37. The van der Waals surface area contributed by atoms with E-state index < -0.39 is 0 Å². The number of hydrogen-bond acceptors (Lipinski definition) is 6. The first-order chi connectivity index (χ1) is 13.5. The van der Waals surface area contributed by atoms with Gasteiger partial charge in [0, 0.05) is 23.8 Å². The van der Waals surface area contributed by atoms with Crippen LogP contribution in [-0.2, 0) is 0 Å². The quantitative estimate of drug-likeness (QED) is 0.428. The third kappa shape index (κ3) is 3.97. The number of anilines is 2. The van der Waals surface area contributed by atoms with Crippen molar-refractivity contribution < 1.29 is 4.79 Å². The lowest BCUT2D eigenvalue weighted by atomic mass is 10.1. The summed E-state index contributed by atoms with van der Waals surface area (Å²) >= 11 is 8.95. The van der Waals surface area contributed by atoms with Gasteiger partial charge in [-0.25, -0.2) is 9.97 Å². The first kappa shape index (κ1) is 19.5. The number of halogens is 1. The number of nitrogens with one attached hydrogen (secondary N) is 1. The Bertz CT molecular complexity index is 1030. The van der Waals surface area contributed by atoms with Crippen molar-refractivity contribution in [3.05, 3.63) is 39.7 Å². The highest BCUT2D eigenvalue weighted by molar-refractivity contribution is 7.98. The summed E-state index contributed by atoms with van der Waals surface area (Å²) in [7, 11) is 0. The highest BCUT2D eigenvalue weighted by Gasteiger charge is 2.21. The molecule has 0 atom stereocenters. The molecular formula is C20H21ClN4OS2. The number of benzene rings is 1. The zero-order valence-electron chi connectivity index (χ0n) is 15.8. The number of aromatic nitrogens is 2. The first-order valence-corrected chi connectivity index (χ1v) is 11.6. The average molecular weight is 433 g/mol. The van der Waals surface area contributed by atoms with E-state index in [-0.39, 0.29) is 5.91 Å². The molecule has 0 spiro atoms. The fourth-order valence-corrected chi connectivity index (χ4v) is 4.95. The third-order valence-electron chi connectivity index (χ3n) is 4.85. The maximum absolute atomic E-state index is 12.9. The van der Waals surface area contributed by atoms with Crippen molar-refractivity contribution >= 4 is 62.3 Å². The van der Waals surface area contributed by atoms with Gasteiger partial charge in [0.2, 0.25) is 0 Å². The second kappa shape index (κ2) is 8.27. The Kier molecular flexibility index (Phi) is 5.75. The summed E-state index contributed by atoms with van der Waals surface area (Å²) in [6.45, 7) is 3.93. The number of nitrogens with zero attached hydrogens (tertiary/aromatic N) is 3. The molecule has 1 fully saturated rings. The Balaban J connectivity index is 1.69. The summed E-state index contributed by atoms with van der Waals surface area (Å²) < 4.78 is 0. The highest BCUT2D eigenvalue weighted by Crippen LogP contribution is 2.34. The van der Waals surface area contributed by atoms with E-state index in [0.717, 1.165) is 45.5 Å². The van der Waals surface area contributed by atoms with Crippen LogP contribution in [0.5, 0.6) is 0 Å². The minimum absolute atomic E-state index is 0.135. The van der Waals surface area contributed by atoms with Crippen LogP contribution in [0, 0.1) is 6.92 Å². The van der Waals surface area contributed by atoms with Gasteiger partial charge >= 0.3 is 0 Å². The van der Waals surface area contributed by atoms with Crippen LogP contribution in [-0.4, -0.2) is 35.2 Å². The number of thiophene rings is 1. The van der Waals surface area contributed by atoms with Crippen molar-refractivity contribution in [3.8, 4) is 0 Å². The maximum atomic E-state index is 12.9. The summed E-state index contributed by atoms with van der Waals surface area (Å²) in [5.41, 5.74) is 1.69. The van der Waals surface area contributed by atoms with Gasteiger partial charge in [-0.3, -0.25) is 4.79 Å². The minimum Gasteiger partial charge on any atom is -0.356 e. The normalized spacial score (nSPS) is 14.5. The molecule has 0 saturated carbocycles. The van der Waals surface area contributed by atoms with Crippen molar-refractivity contribution in [3.63, 3.8) is 0 Å². The molecule has 1 aliphatic rings. The van der Waals surface area contributed by atoms with Crippen LogP contribution >= 0.6 is 34.7 Å². The molecule has 1 aliphatic heterocycles. The molecule has 8 heteroatoms. The zero-order valence-corrected chi connectivity index (χ0v) is 18.2. The van der Waals surface area contributed by atoms with E-state index in [0.29, 0.717) is 9.90 Å². The smallest absolute Gasteiger partial charge is 0.265 e. The summed E-state index contributed by atoms with van der Waals surface area (Å²) in [5, 5.41) is 5.35. The predicted molar refractivity (Wildman–Crippen MR) is 119 cm³/mol. The van der Waals surface area contributed by atoms with E-state index in [1.54, 1.807) is 6.07 Å². The second-order valence-corrected chi connectivity index (χ2v) is 9.06. The lowest BCUT2D eigenvalue weighted by Gasteiger charge is -2.28. The molecule has 1 aromatic carbocycles. The van der Waals surface area contributed by atoms with E-state index in [2.05, 4.69) is 15.2 Å². The lowest BCUT2D eigenvalue weighted by Crippen LogP contribution is -2.30. The molecule has 1 N–H and O–H groups in total. The number of carbonyl (C=O) groups excluding carboxylic acids is 1. The average Bonchev–Trinajstić information content (AvgIpc) is 3.14. The fourth-order valence-electron chi connectivity index (χ4n) is 3.39. The summed E-state index contributed by atoms with van der Waals surface area (Å²) in [4.78, 5) is 26.1. The van der Waals surface area contributed by atoms with E-state index >= 15 is 0 Å². The molecule has 3 aromatic rings. The van der Waals surface area contributed by atoms with Gasteiger partial charge in [0.15, 0.2) is 5.16 Å². The fraction of sp³-hybridized carbons (Fsp3) is 0.350. The topological polar surface area (TPSA) is 58.1 Å². The van der Waals surface area contributed by atoms with E-state index in [1.165, 1.54) is 42.4 Å². The van der Waals surface area contributed by atoms with Crippen molar-refractivity contribution in [1.82, 2.24) is 9.97 Å². The second-order valence-electron chi connectivity index (χ2n) is 6.82. The Morgan fingerprint density at radius 3 is 2.71 bits per heavy atom. The number of aryl methyl sites for hydroxylation is 1. The lowest BCUT2D eigenvalue weighted by molar-refractivity contribution is 0.103. The van der Waals surface area contributed by atoms with Crippen molar-refractivity contribution in [2.45, 2.75) is 31.3 Å². The third-order valence-corrected chi connectivity index (χ3v) is 6.66. The Hall–Kier alpha value is -1.83. The van der Waals surface area contributed by atoms with Gasteiger partial charge < -0.3 is 10.2 Å². The van der Waals surface area contributed by atoms with Crippen molar-refractivity contribution in [2.75, 3.05) is 29.6 Å². The molecule has 1 amide bonds. The monoisotopic (exact) mass is 432 g/mol. The highest BCUT2D eigenvalue weighted by atomic mass is 35.5. The zero-order chi connectivity index (χ0) is 19.7. The number of piperidine rings is 1. The SMILES string of the molecule is CSc1nc(N2CCCCC2)c2cc(C(=O)Nc3ccc(Cl)cc3C)sc2n1. The van der Waals surface area contributed by atoms with Crippen LogP contribution in [0.1, 0.15) is 34.5 Å². The Morgan fingerprint density at radius 1 is 1.21 bits per heavy atom. The molecule has 2 aromatic heterocycles. The molecule has 0 bridgehead atoms. The van der Waals surface area contributed by atoms with E-state index in [1.807, 2.05) is 31.4 Å². The number of rotatable bonds is 4. The van der Waals surface area contributed by atoms with Gasteiger partial charge in [0.1, 0.15) is 10.6 Å². The van der Waals surface area contributed by atoms with Gasteiger partial charge in [-0.05, 0) is 62.3 Å². The van der Waals surface area contributed by atoms with Crippen LogP contribution in [0.2, 0.25) is 5.02 Å². The molecule has 0 unspecified atom stereocenters. The minimum atomic E-state index is -0.135. The summed E-state index contributed by atoms with van der Waals surface area (Å²) in [5.74, 6) is 0.816.